The molecule has 2 N–H and O–H groups in total. The molecule has 2 aromatic heterocycles. The molecule has 8 nitrogen and oxygen atoms in total. The van der Waals surface area contributed by atoms with E-state index >= 15 is 0 Å². The fourth-order valence-electron chi connectivity index (χ4n) is 3.91. The lowest BCUT2D eigenvalue weighted by Gasteiger charge is -2.37. The van der Waals surface area contributed by atoms with Crippen LogP contribution in [0, 0.1) is 5.82 Å². The molecule has 9 heteroatoms. The molecule has 0 saturated carbocycles. The van der Waals surface area contributed by atoms with Crippen LogP contribution < -0.4 is 16.3 Å². The maximum absolute atomic E-state index is 13.5. The highest BCUT2D eigenvalue weighted by atomic mass is 19.1. The molecular weight excluding hydrogens is 375 g/mol. The number of ether oxygens (including phenoxy) is 1. The molecule has 0 amide bonds. The Hall–Kier alpha value is -2.94. The fraction of sp³-hybridized carbons (Fsp3) is 0.450. The largest absolute Gasteiger partial charge is 0.372 e. The molecule has 1 aliphatic rings. The average Bonchev–Trinajstić information content (AvgIpc) is 2.98. The standard InChI is InChI=1S/C20H25FN6O2/c1-4-9-26-20(28)27-18(24-26)17(25-10-12(2)29-13(3)11-25)16(23-19(27)22)14-5-7-15(21)8-6-14/h5-8,12-13H,4,9-11H2,1-3H3,(H2,22,23). The summed E-state index contributed by atoms with van der Waals surface area (Å²) < 4.78 is 22.1. The lowest BCUT2D eigenvalue weighted by Crippen LogP contribution is -2.46. The van der Waals surface area contributed by atoms with Crippen LogP contribution in [-0.2, 0) is 11.3 Å². The van der Waals surface area contributed by atoms with E-state index in [-0.39, 0.29) is 29.7 Å². The Bertz CT molecular complexity index is 1080. The number of halogens is 1. The number of anilines is 2. The van der Waals surface area contributed by atoms with E-state index in [0.29, 0.717) is 42.2 Å². The lowest BCUT2D eigenvalue weighted by molar-refractivity contribution is -0.00513. The predicted molar refractivity (Wildman–Crippen MR) is 110 cm³/mol. The van der Waals surface area contributed by atoms with Crippen LogP contribution in [-0.4, -0.2) is 44.5 Å². The summed E-state index contributed by atoms with van der Waals surface area (Å²) in [6.45, 7) is 7.71. The van der Waals surface area contributed by atoms with Crippen LogP contribution in [0.25, 0.3) is 16.9 Å². The molecule has 1 aromatic carbocycles. The smallest absolute Gasteiger partial charge is 0.353 e. The van der Waals surface area contributed by atoms with E-state index in [0.717, 1.165) is 6.42 Å². The number of morpholine rings is 1. The highest BCUT2D eigenvalue weighted by Crippen LogP contribution is 2.35. The van der Waals surface area contributed by atoms with Crippen LogP contribution in [0.2, 0.25) is 0 Å². The van der Waals surface area contributed by atoms with Gasteiger partial charge in [0.1, 0.15) is 17.2 Å². The van der Waals surface area contributed by atoms with Gasteiger partial charge in [-0.05, 0) is 44.5 Å². The van der Waals surface area contributed by atoms with Crippen molar-refractivity contribution in [1.82, 2.24) is 19.2 Å². The molecule has 1 fully saturated rings. The number of hydrogen-bond donors (Lipinski definition) is 1. The Labute approximate surface area is 167 Å². The van der Waals surface area contributed by atoms with Gasteiger partial charge in [-0.15, -0.1) is 5.10 Å². The molecule has 0 aliphatic carbocycles. The molecular formula is C20H25FN6O2. The van der Waals surface area contributed by atoms with Crippen molar-refractivity contribution < 1.29 is 9.13 Å². The number of rotatable bonds is 4. The first-order valence-corrected chi connectivity index (χ1v) is 9.84. The van der Waals surface area contributed by atoms with Crippen molar-refractivity contribution in [3.05, 3.63) is 40.6 Å². The molecule has 2 atom stereocenters. The minimum atomic E-state index is -0.332. The van der Waals surface area contributed by atoms with Gasteiger partial charge in [-0.25, -0.2) is 23.3 Å². The molecule has 0 bridgehead atoms. The normalized spacial score (nSPS) is 19.8. The molecule has 0 radical (unpaired) electrons. The number of aryl methyl sites for hydroxylation is 1. The first-order valence-electron chi connectivity index (χ1n) is 9.84. The summed E-state index contributed by atoms with van der Waals surface area (Å²) in [4.78, 5) is 19.5. The van der Waals surface area contributed by atoms with E-state index in [1.165, 1.54) is 21.2 Å². The van der Waals surface area contributed by atoms with Crippen molar-refractivity contribution in [2.45, 2.75) is 45.9 Å². The minimum Gasteiger partial charge on any atom is -0.372 e. The van der Waals surface area contributed by atoms with Gasteiger partial charge in [0.05, 0.1) is 12.2 Å². The second kappa shape index (κ2) is 7.47. The maximum atomic E-state index is 13.5. The first-order chi connectivity index (χ1) is 13.9. The molecule has 4 rings (SSSR count). The summed E-state index contributed by atoms with van der Waals surface area (Å²) in [7, 11) is 0. The quantitative estimate of drug-likeness (QED) is 0.723. The maximum Gasteiger partial charge on any atom is 0.353 e. The predicted octanol–water partition coefficient (Wildman–Crippen LogP) is 2.30. The average molecular weight is 400 g/mol. The zero-order chi connectivity index (χ0) is 20.7. The monoisotopic (exact) mass is 400 g/mol. The Morgan fingerprint density at radius 1 is 1.21 bits per heavy atom. The third-order valence-electron chi connectivity index (χ3n) is 5.02. The van der Waals surface area contributed by atoms with E-state index in [2.05, 4.69) is 15.0 Å². The molecule has 0 spiro atoms. The SMILES string of the molecule is CCCn1nc2c(N3CC(C)OC(C)C3)c(-c3ccc(F)cc3)nc(N)n2c1=O. The number of hydrogen-bond acceptors (Lipinski definition) is 6. The van der Waals surface area contributed by atoms with E-state index in [9.17, 15) is 9.18 Å². The molecule has 29 heavy (non-hydrogen) atoms. The lowest BCUT2D eigenvalue weighted by atomic mass is 10.1. The second-order valence-electron chi connectivity index (χ2n) is 7.50. The number of nitrogens with two attached hydrogens (primary N) is 1. The van der Waals surface area contributed by atoms with Gasteiger partial charge in [-0.2, -0.15) is 0 Å². The zero-order valence-corrected chi connectivity index (χ0v) is 16.8. The third kappa shape index (κ3) is 3.46. The highest BCUT2D eigenvalue weighted by Gasteiger charge is 2.29. The van der Waals surface area contributed by atoms with Crippen molar-refractivity contribution >= 4 is 17.3 Å². The summed E-state index contributed by atoms with van der Waals surface area (Å²) >= 11 is 0. The highest BCUT2D eigenvalue weighted by molar-refractivity contribution is 5.86. The van der Waals surface area contributed by atoms with E-state index in [4.69, 9.17) is 10.5 Å². The topological polar surface area (TPSA) is 90.7 Å². The van der Waals surface area contributed by atoms with Crippen molar-refractivity contribution in [2.75, 3.05) is 23.7 Å². The second-order valence-corrected chi connectivity index (χ2v) is 7.50. The van der Waals surface area contributed by atoms with Crippen LogP contribution in [0.1, 0.15) is 27.2 Å². The van der Waals surface area contributed by atoms with Crippen LogP contribution in [0.15, 0.2) is 29.1 Å². The van der Waals surface area contributed by atoms with Crippen LogP contribution in [0.3, 0.4) is 0 Å². The number of fused-ring (bicyclic) bond motifs is 1. The number of nitrogens with zero attached hydrogens (tertiary/aromatic N) is 5. The van der Waals surface area contributed by atoms with Gasteiger partial charge in [0.25, 0.3) is 0 Å². The van der Waals surface area contributed by atoms with Gasteiger partial charge in [0.15, 0.2) is 5.65 Å². The van der Waals surface area contributed by atoms with Crippen LogP contribution >= 0.6 is 0 Å². The van der Waals surface area contributed by atoms with E-state index in [1.807, 2.05) is 20.8 Å². The van der Waals surface area contributed by atoms with Gasteiger partial charge in [-0.1, -0.05) is 6.92 Å². The van der Waals surface area contributed by atoms with Gasteiger partial charge >= 0.3 is 5.69 Å². The fourth-order valence-corrected chi connectivity index (χ4v) is 3.91. The van der Waals surface area contributed by atoms with Gasteiger partial charge in [0, 0.05) is 25.2 Å². The Morgan fingerprint density at radius 2 is 1.86 bits per heavy atom. The number of nitrogen functional groups attached to an aromatic ring is 1. The molecule has 2 unspecified atom stereocenters. The first kappa shape index (κ1) is 19.4. The minimum absolute atomic E-state index is 0.00173. The summed E-state index contributed by atoms with van der Waals surface area (Å²) in [6.07, 6.45) is 0.770. The van der Waals surface area contributed by atoms with E-state index < -0.39 is 0 Å². The zero-order valence-electron chi connectivity index (χ0n) is 16.8. The van der Waals surface area contributed by atoms with Crippen LogP contribution in [0.4, 0.5) is 16.0 Å². The number of benzene rings is 1. The summed E-state index contributed by atoms with van der Waals surface area (Å²) in [5, 5.41) is 4.58. The molecule has 3 aromatic rings. The van der Waals surface area contributed by atoms with Gasteiger partial charge in [-0.3, -0.25) is 0 Å². The van der Waals surface area contributed by atoms with E-state index in [1.54, 1.807) is 12.1 Å². The Balaban J connectivity index is 2.00. The molecule has 154 valence electrons. The van der Waals surface area contributed by atoms with Gasteiger partial charge in [0.2, 0.25) is 5.95 Å². The van der Waals surface area contributed by atoms with Crippen molar-refractivity contribution in [1.29, 1.82) is 0 Å². The van der Waals surface area contributed by atoms with Crippen molar-refractivity contribution in [3.8, 4) is 11.3 Å². The molecule has 1 saturated heterocycles. The molecule has 3 heterocycles. The molecule has 1 aliphatic heterocycles. The van der Waals surface area contributed by atoms with Crippen LogP contribution in [0.5, 0.6) is 0 Å². The van der Waals surface area contributed by atoms with Crippen molar-refractivity contribution in [3.63, 3.8) is 0 Å². The Morgan fingerprint density at radius 3 is 2.48 bits per heavy atom. The third-order valence-corrected chi connectivity index (χ3v) is 5.02. The van der Waals surface area contributed by atoms with Gasteiger partial charge < -0.3 is 15.4 Å². The number of aromatic nitrogens is 4. The summed E-state index contributed by atoms with van der Waals surface area (Å²) in [5.41, 5.74) is 8.30. The summed E-state index contributed by atoms with van der Waals surface area (Å²) in [6, 6.07) is 6.08. The summed E-state index contributed by atoms with van der Waals surface area (Å²) in [5.74, 6) is -0.272. The van der Waals surface area contributed by atoms with Crippen molar-refractivity contribution in [2.24, 2.45) is 0 Å². The Kier molecular flexibility index (Phi) is 4.99.